The normalized spacial score (nSPS) is 20.6. The number of anilines is 1. The molecule has 1 aromatic rings. The fraction of sp³-hybridized carbons (Fsp3) is 0.667. The molecule has 2 heterocycles. The van der Waals surface area contributed by atoms with Crippen LogP contribution in [0.2, 0.25) is 5.15 Å². The van der Waals surface area contributed by atoms with Gasteiger partial charge in [-0.3, -0.25) is 4.79 Å². The first-order valence-electron chi connectivity index (χ1n) is 7.79. The number of hydrogen-bond acceptors (Lipinski definition) is 5. The second-order valence-corrected chi connectivity index (χ2v) is 6.47. The summed E-state index contributed by atoms with van der Waals surface area (Å²) in [5, 5.41) is 3.79. The molecule has 1 unspecified atom stereocenters. The minimum absolute atomic E-state index is 0.0422. The number of nitrogens with zero attached hydrogens (tertiary/aromatic N) is 2. The quantitative estimate of drug-likeness (QED) is 0.782. The lowest BCUT2D eigenvalue weighted by Gasteiger charge is -2.30. The summed E-state index contributed by atoms with van der Waals surface area (Å²) in [6.07, 6.45) is 4.35. The molecular weight excluding hydrogens is 304 g/mol. The van der Waals surface area contributed by atoms with Crippen LogP contribution in [0, 0.1) is 5.92 Å². The van der Waals surface area contributed by atoms with Crippen molar-refractivity contribution in [3.05, 3.63) is 17.0 Å². The maximum Gasteiger partial charge on any atom is 0.219 e. The van der Waals surface area contributed by atoms with Crippen molar-refractivity contribution >= 4 is 23.3 Å². The van der Waals surface area contributed by atoms with Gasteiger partial charge in [-0.05, 0) is 31.6 Å². The summed E-state index contributed by atoms with van der Waals surface area (Å²) in [7, 11) is 0. The summed E-state index contributed by atoms with van der Waals surface area (Å²) in [6.45, 7) is 1.44. The van der Waals surface area contributed by atoms with E-state index in [1.54, 1.807) is 6.07 Å². The van der Waals surface area contributed by atoms with Crippen molar-refractivity contribution in [2.24, 2.45) is 11.7 Å². The lowest BCUT2D eigenvalue weighted by atomic mass is 9.89. The third kappa shape index (κ3) is 4.08. The van der Waals surface area contributed by atoms with Crippen molar-refractivity contribution in [2.45, 2.75) is 44.1 Å². The number of carbonyl (C=O) groups is 1. The van der Waals surface area contributed by atoms with Gasteiger partial charge in [0.05, 0.1) is 0 Å². The second kappa shape index (κ2) is 6.79. The number of rotatable bonds is 6. The predicted octanol–water partition coefficient (Wildman–Crippen LogP) is 2.09. The third-order valence-corrected chi connectivity index (χ3v) is 4.44. The molecule has 1 aromatic heterocycles. The van der Waals surface area contributed by atoms with Gasteiger partial charge in [-0.1, -0.05) is 11.6 Å². The van der Waals surface area contributed by atoms with Crippen LogP contribution in [0.3, 0.4) is 0 Å². The van der Waals surface area contributed by atoms with Gasteiger partial charge in [-0.2, -0.15) is 0 Å². The van der Waals surface area contributed by atoms with E-state index in [9.17, 15) is 4.79 Å². The van der Waals surface area contributed by atoms with Gasteiger partial charge in [0.1, 0.15) is 16.8 Å². The number of primary amides is 1. The van der Waals surface area contributed by atoms with Crippen LogP contribution < -0.4 is 11.1 Å². The Bertz CT molecular complexity index is 544. The standard InChI is InChI=1S/C15H21ClN4O2/c16-12-8-14(20-15(19-12)10-1-2-10)18-11(7-13(17)21)9-3-5-22-6-4-9/h8-11H,1-7H2,(H2,17,21)(H,18,19,20). The van der Waals surface area contributed by atoms with Crippen molar-refractivity contribution in [2.75, 3.05) is 18.5 Å². The number of amides is 1. The summed E-state index contributed by atoms with van der Waals surface area (Å²) in [5.74, 6) is 1.93. The minimum atomic E-state index is -0.313. The average molecular weight is 325 g/mol. The van der Waals surface area contributed by atoms with Crippen molar-refractivity contribution < 1.29 is 9.53 Å². The monoisotopic (exact) mass is 324 g/mol. The van der Waals surface area contributed by atoms with Gasteiger partial charge >= 0.3 is 0 Å². The van der Waals surface area contributed by atoms with Crippen LogP contribution >= 0.6 is 11.6 Å². The summed E-state index contributed by atoms with van der Waals surface area (Å²) >= 11 is 6.09. The zero-order valence-corrected chi connectivity index (χ0v) is 13.2. The molecule has 120 valence electrons. The average Bonchev–Trinajstić information content (AvgIpc) is 3.31. The van der Waals surface area contributed by atoms with Gasteiger partial charge in [0, 0.05) is 37.7 Å². The zero-order chi connectivity index (χ0) is 15.5. The van der Waals surface area contributed by atoms with E-state index < -0.39 is 0 Å². The molecule has 1 saturated carbocycles. The number of carbonyl (C=O) groups excluding carboxylic acids is 1. The van der Waals surface area contributed by atoms with E-state index in [0.29, 0.717) is 22.8 Å². The molecule has 0 spiro atoms. The number of ether oxygens (including phenoxy) is 1. The molecule has 3 N–H and O–H groups in total. The highest BCUT2D eigenvalue weighted by atomic mass is 35.5. The van der Waals surface area contributed by atoms with Crippen LogP contribution in [0.25, 0.3) is 0 Å². The summed E-state index contributed by atoms with van der Waals surface area (Å²) in [4.78, 5) is 20.2. The van der Waals surface area contributed by atoms with Crippen LogP contribution in [0.5, 0.6) is 0 Å². The summed E-state index contributed by atoms with van der Waals surface area (Å²) in [6, 6.07) is 1.67. The molecule has 0 aromatic carbocycles. The molecule has 6 nitrogen and oxygen atoms in total. The molecule has 0 bridgehead atoms. The highest BCUT2D eigenvalue weighted by Crippen LogP contribution is 2.39. The van der Waals surface area contributed by atoms with Gasteiger partial charge in [-0.15, -0.1) is 0 Å². The molecule has 22 heavy (non-hydrogen) atoms. The van der Waals surface area contributed by atoms with E-state index >= 15 is 0 Å². The number of nitrogens with one attached hydrogen (secondary N) is 1. The lowest BCUT2D eigenvalue weighted by molar-refractivity contribution is -0.118. The second-order valence-electron chi connectivity index (χ2n) is 6.08. The fourth-order valence-electron chi connectivity index (χ4n) is 2.89. The Labute approximate surface area is 134 Å². The molecular formula is C15H21ClN4O2. The Balaban J connectivity index is 1.75. The van der Waals surface area contributed by atoms with Crippen LogP contribution in [-0.2, 0) is 9.53 Å². The number of hydrogen-bond donors (Lipinski definition) is 2. The summed E-state index contributed by atoms with van der Waals surface area (Å²) in [5.41, 5.74) is 5.40. The van der Waals surface area contributed by atoms with E-state index in [1.165, 1.54) is 0 Å². The maximum atomic E-state index is 11.4. The van der Waals surface area contributed by atoms with Crippen LogP contribution in [-0.4, -0.2) is 35.1 Å². The minimum Gasteiger partial charge on any atom is -0.381 e. The Kier molecular flexibility index (Phi) is 4.78. The molecule has 2 fully saturated rings. The molecule has 1 saturated heterocycles. The molecule has 1 atom stereocenters. The summed E-state index contributed by atoms with van der Waals surface area (Å²) < 4.78 is 5.39. The maximum absolute atomic E-state index is 11.4. The van der Waals surface area contributed by atoms with E-state index in [1.807, 2.05) is 0 Å². The smallest absolute Gasteiger partial charge is 0.219 e. The Morgan fingerprint density at radius 1 is 1.36 bits per heavy atom. The molecule has 1 aliphatic carbocycles. The van der Waals surface area contributed by atoms with Crippen molar-refractivity contribution in [1.29, 1.82) is 0 Å². The van der Waals surface area contributed by atoms with Crippen molar-refractivity contribution in [3.63, 3.8) is 0 Å². The number of nitrogens with two attached hydrogens (primary N) is 1. The van der Waals surface area contributed by atoms with Gasteiger partial charge in [0.2, 0.25) is 5.91 Å². The Morgan fingerprint density at radius 3 is 2.73 bits per heavy atom. The molecule has 1 amide bonds. The first-order valence-corrected chi connectivity index (χ1v) is 8.16. The molecule has 3 rings (SSSR count). The van der Waals surface area contributed by atoms with Gasteiger partial charge < -0.3 is 15.8 Å². The molecule has 7 heteroatoms. The zero-order valence-electron chi connectivity index (χ0n) is 12.4. The van der Waals surface area contributed by atoms with E-state index in [4.69, 9.17) is 22.1 Å². The molecule has 1 aliphatic heterocycles. The van der Waals surface area contributed by atoms with Crippen LogP contribution in [0.1, 0.15) is 43.8 Å². The van der Waals surface area contributed by atoms with E-state index in [0.717, 1.165) is 44.7 Å². The Hall–Kier alpha value is -1.40. The van der Waals surface area contributed by atoms with Gasteiger partial charge in [-0.25, -0.2) is 9.97 Å². The SMILES string of the molecule is NC(=O)CC(Nc1cc(Cl)nc(C2CC2)n1)C1CCOCC1. The highest BCUT2D eigenvalue weighted by Gasteiger charge is 2.29. The largest absolute Gasteiger partial charge is 0.381 e. The number of halogens is 1. The van der Waals surface area contributed by atoms with Gasteiger partial charge in [0.15, 0.2) is 0 Å². The highest BCUT2D eigenvalue weighted by molar-refractivity contribution is 6.29. The first-order chi connectivity index (χ1) is 10.6. The van der Waals surface area contributed by atoms with E-state index in [-0.39, 0.29) is 18.4 Å². The molecule has 0 radical (unpaired) electrons. The van der Waals surface area contributed by atoms with Crippen molar-refractivity contribution in [1.82, 2.24) is 9.97 Å². The third-order valence-electron chi connectivity index (χ3n) is 4.24. The topological polar surface area (TPSA) is 90.1 Å². The lowest BCUT2D eigenvalue weighted by Crippen LogP contribution is -2.37. The fourth-order valence-corrected chi connectivity index (χ4v) is 3.08. The number of aromatic nitrogens is 2. The van der Waals surface area contributed by atoms with Crippen molar-refractivity contribution in [3.8, 4) is 0 Å². The van der Waals surface area contributed by atoms with E-state index in [2.05, 4.69) is 15.3 Å². The van der Waals surface area contributed by atoms with Crippen LogP contribution in [0.15, 0.2) is 6.07 Å². The van der Waals surface area contributed by atoms with Crippen LogP contribution in [0.4, 0.5) is 5.82 Å². The Morgan fingerprint density at radius 2 is 2.09 bits per heavy atom. The molecule has 2 aliphatic rings. The first kappa shape index (κ1) is 15.5. The van der Waals surface area contributed by atoms with Gasteiger partial charge in [0.25, 0.3) is 0 Å². The predicted molar refractivity (Wildman–Crippen MR) is 83.8 cm³/mol.